The highest BCUT2D eigenvalue weighted by Gasteiger charge is 2.05. The van der Waals surface area contributed by atoms with Gasteiger partial charge in [0.25, 0.3) is 0 Å². The van der Waals surface area contributed by atoms with E-state index >= 15 is 0 Å². The third-order valence-corrected chi connectivity index (χ3v) is 2.42. The van der Waals surface area contributed by atoms with Gasteiger partial charge in [-0.2, -0.15) is 0 Å². The Hall–Kier alpha value is -2.03. The first-order chi connectivity index (χ1) is 7.75. The first-order valence-electron chi connectivity index (χ1n) is 5.26. The first kappa shape index (κ1) is 10.5. The second-order valence-electron chi connectivity index (χ2n) is 3.69. The molecular weight excluding hydrogens is 200 g/mol. The van der Waals surface area contributed by atoms with E-state index in [9.17, 15) is 4.79 Å². The Kier molecular flexibility index (Phi) is 3.05. The predicted octanol–water partition coefficient (Wildman–Crippen LogP) is 2.96. The summed E-state index contributed by atoms with van der Waals surface area (Å²) >= 11 is 0. The zero-order chi connectivity index (χ0) is 11.4. The number of rotatable bonds is 2. The van der Waals surface area contributed by atoms with E-state index in [1.54, 1.807) is 0 Å². The number of amides is 2. The van der Waals surface area contributed by atoms with Crippen molar-refractivity contribution in [2.75, 3.05) is 5.32 Å². The largest absolute Gasteiger partial charge is 0.323 e. The molecule has 3 heteroatoms. The number of benzene rings is 1. The van der Waals surface area contributed by atoms with Crippen LogP contribution >= 0.6 is 0 Å². The van der Waals surface area contributed by atoms with Crippen molar-refractivity contribution in [1.82, 2.24) is 5.32 Å². The minimum absolute atomic E-state index is 0.202. The first-order valence-corrected chi connectivity index (χ1v) is 5.26. The molecule has 1 aliphatic carbocycles. The Labute approximate surface area is 94.9 Å². The van der Waals surface area contributed by atoms with Gasteiger partial charge >= 0.3 is 6.03 Å². The molecule has 0 aromatic heterocycles. The quantitative estimate of drug-likeness (QED) is 0.780. The average molecular weight is 214 g/mol. The van der Waals surface area contributed by atoms with Crippen LogP contribution in [-0.4, -0.2) is 6.03 Å². The molecule has 0 aliphatic heterocycles. The number of hydrogen-bond acceptors (Lipinski definition) is 1. The molecule has 0 fully saturated rings. The molecule has 82 valence electrons. The Balaban J connectivity index is 1.97. The Bertz CT molecular complexity index is 461. The standard InChI is InChI=1S/C13H14N2O/c1-10-6-2-5-9-12(10)15-13(16)14-11-7-3-4-8-11/h2-3,5-9H,4H2,1H3,(H2,14,15,16). The molecule has 16 heavy (non-hydrogen) atoms. The fourth-order valence-electron chi connectivity index (χ4n) is 1.55. The van der Waals surface area contributed by atoms with Crippen LogP contribution in [-0.2, 0) is 0 Å². The molecule has 0 saturated heterocycles. The van der Waals surface area contributed by atoms with Gasteiger partial charge in [-0.1, -0.05) is 30.4 Å². The van der Waals surface area contributed by atoms with Gasteiger partial charge in [-0.3, -0.25) is 0 Å². The van der Waals surface area contributed by atoms with Crippen LogP contribution in [0.2, 0.25) is 0 Å². The molecule has 0 saturated carbocycles. The molecule has 2 rings (SSSR count). The van der Waals surface area contributed by atoms with E-state index in [2.05, 4.69) is 10.6 Å². The molecule has 0 spiro atoms. The number of urea groups is 1. The Morgan fingerprint density at radius 2 is 2.06 bits per heavy atom. The number of aryl methyl sites for hydroxylation is 1. The van der Waals surface area contributed by atoms with Crippen molar-refractivity contribution in [2.24, 2.45) is 0 Å². The van der Waals surface area contributed by atoms with Gasteiger partial charge in [-0.05, 0) is 31.1 Å². The van der Waals surface area contributed by atoms with Gasteiger partial charge in [0, 0.05) is 11.4 Å². The zero-order valence-corrected chi connectivity index (χ0v) is 9.16. The van der Waals surface area contributed by atoms with E-state index in [1.807, 2.05) is 49.4 Å². The molecule has 0 heterocycles. The summed E-state index contributed by atoms with van der Waals surface area (Å²) < 4.78 is 0. The van der Waals surface area contributed by atoms with Gasteiger partial charge in [0.2, 0.25) is 0 Å². The minimum Gasteiger partial charge on any atom is -0.308 e. The average Bonchev–Trinajstić information content (AvgIpc) is 2.74. The maximum absolute atomic E-state index is 11.6. The lowest BCUT2D eigenvalue weighted by molar-refractivity contribution is 0.254. The lowest BCUT2D eigenvalue weighted by Gasteiger charge is -2.09. The van der Waals surface area contributed by atoms with Crippen molar-refractivity contribution >= 4 is 11.7 Å². The topological polar surface area (TPSA) is 41.1 Å². The fraction of sp³-hybridized carbons (Fsp3) is 0.154. The van der Waals surface area contributed by atoms with Crippen LogP contribution in [0.4, 0.5) is 10.5 Å². The van der Waals surface area contributed by atoms with Gasteiger partial charge < -0.3 is 10.6 Å². The Morgan fingerprint density at radius 3 is 2.75 bits per heavy atom. The molecule has 0 radical (unpaired) electrons. The summed E-state index contributed by atoms with van der Waals surface area (Å²) in [6.07, 6.45) is 6.76. The summed E-state index contributed by atoms with van der Waals surface area (Å²) in [5.41, 5.74) is 2.74. The lowest BCUT2D eigenvalue weighted by atomic mass is 10.2. The van der Waals surface area contributed by atoms with Gasteiger partial charge in [0.15, 0.2) is 0 Å². The molecule has 2 N–H and O–H groups in total. The number of allylic oxidation sites excluding steroid dienone is 3. The van der Waals surface area contributed by atoms with Crippen LogP contribution in [0.25, 0.3) is 0 Å². The number of anilines is 1. The van der Waals surface area contributed by atoms with E-state index < -0.39 is 0 Å². The number of carbonyl (C=O) groups is 1. The summed E-state index contributed by atoms with van der Waals surface area (Å²) in [7, 11) is 0. The molecule has 1 aromatic carbocycles. The summed E-state index contributed by atoms with van der Waals surface area (Å²) in [5, 5.41) is 5.59. The van der Waals surface area contributed by atoms with Crippen molar-refractivity contribution in [3.05, 3.63) is 53.8 Å². The maximum atomic E-state index is 11.6. The summed E-state index contributed by atoms with van der Waals surface area (Å²) in [5.74, 6) is 0. The lowest BCUT2D eigenvalue weighted by Crippen LogP contribution is -2.27. The van der Waals surface area contributed by atoms with Crippen LogP contribution in [0.15, 0.2) is 48.2 Å². The van der Waals surface area contributed by atoms with Crippen LogP contribution in [0.5, 0.6) is 0 Å². The van der Waals surface area contributed by atoms with Gasteiger partial charge in [0.1, 0.15) is 0 Å². The normalized spacial score (nSPS) is 13.4. The third-order valence-electron chi connectivity index (χ3n) is 2.42. The Morgan fingerprint density at radius 1 is 1.25 bits per heavy atom. The summed E-state index contributed by atoms with van der Waals surface area (Å²) in [6, 6.07) is 7.49. The van der Waals surface area contributed by atoms with Crippen molar-refractivity contribution in [1.29, 1.82) is 0 Å². The van der Waals surface area contributed by atoms with E-state index in [4.69, 9.17) is 0 Å². The fourth-order valence-corrected chi connectivity index (χ4v) is 1.55. The van der Waals surface area contributed by atoms with Crippen molar-refractivity contribution < 1.29 is 4.79 Å². The van der Waals surface area contributed by atoms with E-state index in [-0.39, 0.29) is 6.03 Å². The smallest absolute Gasteiger partial charge is 0.308 e. The molecular formula is C13H14N2O. The van der Waals surface area contributed by atoms with E-state index in [0.29, 0.717) is 0 Å². The van der Waals surface area contributed by atoms with Gasteiger partial charge in [0.05, 0.1) is 0 Å². The number of nitrogens with one attached hydrogen (secondary N) is 2. The zero-order valence-electron chi connectivity index (χ0n) is 9.16. The molecule has 2 amide bonds. The number of carbonyl (C=O) groups excluding carboxylic acids is 1. The highest BCUT2D eigenvalue weighted by atomic mass is 16.2. The molecule has 1 aliphatic rings. The second kappa shape index (κ2) is 4.66. The van der Waals surface area contributed by atoms with Crippen LogP contribution in [0.1, 0.15) is 12.0 Å². The highest BCUT2D eigenvalue weighted by molar-refractivity contribution is 5.91. The number of para-hydroxylation sites is 1. The van der Waals surface area contributed by atoms with E-state index in [1.165, 1.54) is 0 Å². The predicted molar refractivity (Wildman–Crippen MR) is 65.2 cm³/mol. The summed E-state index contributed by atoms with van der Waals surface area (Å²) in [6.45, 7) is 1.96. The number of hydrogen-bond donors (Lipinski definition) is 2. The van der Waals surface area contributed by atoms with Crippen LogP contribution in [0, 0.1) is 6.92 Å². The van der Waals surface area contributed by atoms with Crippen molar-refractivity contribution in [3.63, 3.8) is 0 Å². The minimum atomic E-state index is -0.202. The maximum Gasteiger partial charge on any atom is 0.323 e. The molecule has 0 unspecified atom stereocenters. The van der Waals surface area contributed by atoms with Crippen molar-refractivity contribution in [3.8, 4) is 0 Å². The second-order valence-corrected chi connectivity index (χ2v) is 3.69. The SMILES string of the molecule is Cc1ccccc1NC(=O)NC1=CCC=C1. The monoisotopic (exact) mass is 214 g/mol. The molecule has 0 atom stereocenters. The molecule has 1 aromatic rings. The summed E-state index contributed by atoms with van der Waals surface area (Å²) in [4.78, 5) is 11.6. The molecule has 3 nitrogen and oxygen atoms in total. The van der Waals surface area contributed by atoms with E-state index in [0.717, 1.165) is 23.4 Å². The van der Waals surface area contributed by atoms with Crippen LogP contribution in [0.3, 0.4) is 0 Å². The van der Waals surface area contributed by atoms with Gasteiger partial charge in [-0.15, -0.1) is 0 Å². The van der Waals surface area contributed by atoms with Crippen LogP contribution < -0.4 is 10.6 Å². The third kappa shape index (κ3) is 2.51. The highest BCUT2D eigenvalue weighted by Crippen LogP contribution is 2.13. The van der Waals surface area contributed by atoms with Gasteiger partial charge in [-0.25, -0.2) is 4.79 Å². The van der Waals surface area contributed by atoms with Crippen molar-refractivity contribution in [2.45, 2.75) is 13.3 Å². The molecule has 0 bridgehead atoms.